The van der Waals surface area contributed by atoms with Crippen molar-refractivity contribution in [2.45, 2.75) is 57.4 Å². The highest BCUT2D eigenvalue weighted by atomic mass is 15.2. The number of hydrogen-bond donors (Lipinski definition) is 1. The Bertz CT molecular complexity index is 337. The molecule has 0 aliphatic heterocycles. The first-order valence-corrected chi connectivity index (χ1v) is 7.44. The van der Waals surface area contributed by atoms with Crippen LogP contribution in [-0.2, 0) is 13.5 Å². The fraction of sp³-hybridized carbons (Fsp3) is 0.800. The molecule has 1 heterocycles. The summed E-state index contributed by atoms with van der Waals surface area (Å²) < 4.78 is 1.90. The van der Waals surface area contributed by atoms with Gasteiger partial charge in [0.25, 0.3) is 0 Å². The third-order valence-electron chi connectivity index (χ3n) is 4.34. The van der Waals surface area contributed by atoms with E-state index >= 15 is 0 Å². The van der Waals surface area contributed by atoms with E-state index in [0.29, 0.717) is 6.04 Å². The van der Waals surface area contributed by atoms with Crippen molar-refractivity contribution in [3.63, 3.8) is 0 Å². The summed E-state index contributed by atoms with van der Waals surface area (Å²) in [7, 11) is 4.11. The second-order valence-corrected chi connectivity index (χ2v) is 5.71. The molecule has 1 unspecified atom stereocenters. The molecule has 102 valence electrons. The van der Waals surface area contributed by atoms with Crippen molar-refractivity contribution in [3.05, 3.63) is 18.0 Å². The summed E-state index contributed by atoms with van der Waals surface area (Å²) in [5.74, 6) is 0.883. The van der Waals surface area contributed by atoms with Crippen LogP contribution in [-0.4, -0.2) is 22.9 Å². The summed E-state index contributed by atoms with van der Waals surface area (Å²) in [5, 5.41) is 7.79. The topological polar surface area (TPSA) is 29.9 Å². The van der Waals surface area contributed by atoms with E-state index in [4.69, 9.17) is 0 Å². The van der Waals surface area contributed by atoms with Crippen LogP contribution in [0.1, 0.15) is 50.5 Å². The minimum atomic E-state index is 0.684. The van der Waals surface area contributed by atoms with Crippen molar-refractivity contribution in [3.8, 4) is 0 Å². The third-order valence-corrected chi connectivity index (χ3v) is 4.34. The van der Waals surface area contributed by atoms with E-state index < -0.39 is 0 Å². The molecule has 1 aromatic heterocycles. The molecule has 18 heavy (non-hydrogen) atoms. The number of aryl methyl sites for hydroxylation is 2. The van der Waals surface area contributed by atoms with Crippen LogP contribution in [0, 0.1) is 5.92 Å². The zero-order valence-corrected chi connectivity index (χ0v) is 11.9. The normalized spacial score (nSPS) is 19.7. The average molecular weight is 249 g/mol. The number of nitrogens with zero attached hydrogens (tertiary/aromatic N) is 2. The van der Waals surface area contributed by atoms with E-state index in [1.54, 1.807) is 0 Å². The molecule has 2 rings (SSSR count). The minimum Gasteiger partial charge on any atom is -0.317 e. The van der Waals surface area contributed by atoms with Gasteiger partial charge in [0.1, 0.15) is 0 Å². The molecule has 0 amide bonds. The van der Waals surface area contributed by atoms with Gasteiger partial charge in [0.2, 0.25) is 0 Å². The Morgan fingerprint density at radius 3 is 2.61 bits per heavy atom. The molecule has 0 aromatic carbocycles. The van der Waals surface area contributed by atoms with Crippen LogP contribution in [0.15, 0.2) is 12.4 Å². The molecule has 1 aliphatic rings. The van der Waals surface area contributed by atoms with Crippen molar-refractivity contribution in [1.82, 2.24) is 15.1 Å². The second-order valence-electron chi connectivity index (χ2n) is 5.71. The summed E-state index contributed by atoms with van der Waals surface area (Å²) in [6.07, 6.45) is 15.1. The van der Waals surface area contributed by atoms with Gasteiger partial charge in [0.05, 0.1) is 6.20 Å². The zero-order valence-electron chi connectivity index (χ0n) is 11.9. The number of aromatic nitrogens is 2. The number of hydrogen-bond acceptors (Lipinski definition) is 2. The smallest absolute Gasteiger partial charge is 0.0521 e. The molecule has 0 saturated heterocycles. The lowest BCUT2D eigenvalue weighted by atomic mass is 9.88. The quantitative estimate of drug-likeness (QED) is 0.813. The highest BCUT2D eigenvalue weighted by Crippen LogP contribution is 2.27. The van der Waals surface area contributed by atoms with Crippen LogP contribution in [0.3, 0.4) is 0 Å². The molecule has 3 nitrogen and oxygen atoms in total. The van der Waals surface area contributed by atoms with Gasteiger partial charge in [-0.1, -0.05) is 25.7 Å². The number of nitrogens with one attached hydrogen (secondary N) is 1. The predicted octanol–water partition coefficient (Wildman–Crippen LogP) is 2.91. The molecule has 0 radical (unpaired) electrons. The van der Waals surface area contributed by atoms with Gasteiger partial charge in [-0.25, -0.2) is 0 Å². The van der Waals surface area contributed by atoms with Crippen LogP contribution in [0.25, 0.3) is 0 Å². The van der Waals surface area contributed by atoms with Gasteiger partial charge in [-0.05, 0) is 44.2 Å². The molecule has 1 atom stereocenters. The lowest BCUT2D eigenvalue weighted by Gasteiger charge is -2.25. The van der Waals surface area contributed by atoms with Gasteiger partial charge in [-0.3, -0.25) is 4.68 Å². The summed E-state index contributed by atoms with van der Waals surface area (Å²) in [6.45, 7) is 0. The van der Waals surface area contributed by atoms with Crippen LogP contribution >= 0.6 is 0 Å². The van der Waals surface area contributed by atoms with Crippen molar-refractivity contribution in [2.75, 3.05) is 7.05 Å². The third kappa shape index (κ3) is 3.84. The first kappa shape index (κ1) is 13.6. The maximum absolute atomic E-state index is 4.24. The second kappa shape index (κ2) is 6.93. The molecule has 1 aliphatic carbocycles. The maximum Gasteiger partial charge on any atom is 0.0521 e. The van der Waals surface area contributed by atoms with Crippen molar-refractivity contribution >= 4 is 0 Å². The highest BCUT2D eigenvalue weighted by molar-refractivity contribution is 5.04. The molecular weight excluding hydrogens is 222 g/mol. The largest absolute Gasteiger partial charge is 0.317 e. The molecule has 1 aromatic rings. The van der Waals surface area contributed by atoms with Gasteiger partial charge in [0.15, 0.2) is 0 Å². The van der Waals surface area contributed by atoms with E-state index in [9.17, 15) is 0 Å². The summed E-state index contributed by atoms with van der Waals surface area (Å²) in [5.41, 5.74) is 1.37. The minimum absolute atomic E-state index is 0.684. The summed E-state index contributed by atoms with van der Waals surface area (Å²) in [6, 6.07) is 0.684. The molecular formula is C15H27N3. The molecule has 0 spiro atoms. The highest BCUT2D eigenvalue weighted by Gasteiger charge is 2.21. The molecule has 3 heteroatoms. The Kier molecular flexibility index (Phi) is 5.24. The van der Waals surface area contributed by atoms with Gasteiger partial charge in [-0.15, -0.1) is 0 Å². The Labute approximate surface area is 111 Å². The predicted molar refractivity (Wildman–Crippen MR) is 75.6 cm³/mol. The molecule has 1 fully saturated rings. The van der Waals surface area contributed by atoms with E-state index in [0.717, 1.165) is 12.3 Å². The SMILES string of the molecule is CNC(CCc1cnn(C)c1)C1CCCCCC1. The van der Waals surface area contributed by atoms with Crippen LogP contribution in [0.5, 0.6) is 0 Å². The number of rotatable bonds is 5. The zero-order chi connectivity index (χ0) is 12.8. The van der Waals surface area contributed by atoms with E-state index in [1.807, 2.05) is 17.9 Å². The monoisotopic (exact) mass is 249 g/mol. The maximum atomic E-state index is 4.24. The fourth-order valence-electron chi connectivity index (χ4n) is 3.25. The van der Waals surface area contributed by atoms with Crippen LogP contribution in [0.4, 0.5) is 0 Å². The molecule has 1 saturated carbocycles. The lowest BCUT2D eigenvalue weighted by molar-refractivity contribution is 0.319. The first-order valence-electron chi connectivity index (χ1n) is 7.44. The van der Waals surface area contributed by atoms with E-state index in [1.165, 1.54) is 50.5 Å². The van der Waals surface area contributed by atoms with Gasteiger partial charge >= 0.3 is 0 Å². The van der Waals surface area contributed by atoms with Crippen molar-refractivity contribution in [2.24, 2.45) is 13.0 Å². The first-order chi connectivity index (χ1) is 8.79. The van der Waals surface area contributed by atoms with Crippen LogP contribution in [0.2, 0.25) is 0 Å². The summed E-state index contributed by atoms with van der Waals surface area (Å²) >= 11 is 0. The Hall–Kier alpha value is -0.830. The van der Waals surface area contributed by atoms with Gasteiger partial charge in [-0.2, -0.15) is 5.10 Å². The average Bonchev–Trinajstić information content (AvgIpc) is 2.64. The van der Waals surface area contributed by atoms with Crippen molar-refractivity contribution in [1.29, 1.82) is 0 Å². The fourth-order valence-corrected chi connectivity index (χ4v) is 3.25. The van der Waals surface area contributed by atoms with Gasteiger partial charge in [0, 0.05) is 19.3 Å². The molecule has 1 N–H and O–H groups in total. The standard InChI is InChI=1S/C15H27N3/c1-16-15(14-7-5-3-4-6-8-14)10-9-13-11-17-18(2)12-13/h11-12,14-16H,3-10H2,1-2H3. The van der Waals surface area contributed by atoms with Crippen molar-refractivity contribution < 1.29 is 0 Å². The lowest BCUT2D eigenvalue weighted by Crippen LogP contribution is -2.33. The Morgan fingerprint density at radius 2 is 2.06 bits per heavy atom. The molecule has 0 bridgehead atoms. The summed E-state index contributed by atoms with van der Waals surface area (Å²) in [4.78, 5) is 0. The Balaban J connectivity index is 1.84. The Morgan fingerprint density at radius 1 is 1.33 bits per heavy atom. The van der Waals surface area contributed by atoms with E-state index in [2.05, 4.69) is 23.7 Å². The van der Waals surface area contributed by atoms with Gasteiger partial charge < -0.3 is 5.32 Å². The van der Waals surface area contributed by atoms with Crippen LogP contribution < -0.4 is 5.32 Å². The van der Waals surface area contributed by atoms with E-state index in [-0.39, 0.29) is 0 Å².